The van der Waals surface area contributed by atoms with E-state index < -0.39 is 0 Å². The predicted molar refractivity (Wildman–Crippen MR) is 97.1 cm³/mol. The molecule has 1 N–H and O–H groups in total. The van der Waals surface area contributed by atoms with Gasteiger partial charge in [-0.1, -0.05) is 18.6 Å². The fourth-order valence-electron chi connectivity index (χ4n) is 3.88. The van der Waals surface area contributed by atoms with E-state index in [1.165, 1.54) is 30.4 Å². The molecule has 1 aromatic rings. The summed E-state index contributed by atoms with van der Waals surface area (Å²) in [5.41, 5.74) is 2.99. The quantitative estimate of drug-likeness (QED) is 0.849. The zero-order valence-electron chi connectivity index (χ0n) is 15.1. The first-order valence-electron chi connectivity index (χ1n) is 9.12. The van der Waals surface area contributed by atoms with Crippen molar-refractivity contribution in [3.63, 3.8) is 0 Å². The summed E-state index contributed by atoms with van der Waals surface area (Å²) in [7, 11) is -0.343. The van der Waals surface area contributed by atoms with Gasteiger partial charge < -0.3 is 14.6 Å². The van der Waals surface area contributed by atoms with Crippen LogP contribution in [0.1, 0.15) is 58.9 Å². The summed E-state index contributed by atoms with van der Waals surface area (Å²) in [6, 6.07) is 3.33. The van der Waals surface area contributed by atoms with Crippen molar-refractivity contribution < 1.29 is 9.31 Å². The molecule has 0 saturated carbocycles. The number of piperidine rings is 1. The van der Waals surface area contributed by atoms with Gasteiger partial charge in [-0.15, -0.1) is 0 Å². The average Bonchev–Trinajstić information content (AvgIpc) is 2.75. The first-order valence-corrected chi connectivity index (χ1v) is 9.12. The van der Waals surface area contributed by atoms with Gasteiger partial charge in [-0.05, 0) is 58.1 Å². The van der Waals surface area contributed by atoms with E-state index in [-0.39, 0.29) is 18.3 Å². The molecule has 5 heteroatoms. The van der Waals surface area contributed by atoms with Gasteiger partial charge in [-0.2, -0.15) is 0 Å². The first kappa shape index (κ1) is 16.3. The summed E-state index contributed by atoms with van der Waals surface area (Å²) in [6.45, 7) is 8.34. The Morgan fingerprint density at radius 1 is 1.12 bits per heavy atom. The molecule has 0 aromatic carbocycles. The van der Waals surface area contributed by atoms with Gasteiger partial charge in [0.15, 0.2) is 0 Å². The predicted octanol–water partition coefficient (Wildman–Crippen LogP) is 2.68. The van der Waals surface area contributed by atoms with Gasteiger partial charge in [-0.3, -0.25) is 4.98 Å². The van der Waals surface area contributed by atoms with E-state index in [2.05, 4.69) is 50.1 Å². The number of hydrogen-bond donors (Lipinski definition) is 1. The SMILES string of the molecule is CC1(C)OB(c2cncc(C3=CC4CCCC(C3)N4)c2)OC1(C)C. The minimum atomic E-state index is -0.343. The van der Waals surface area contributed by atoms with Crippen molar-refractivity contribution in [2.75, 3.05) is 0 Å². The number of nitrogens with zero attached hydrogens (tertiary/aromatic N) is 1. The molecule has 24 heavy (non-hydrogen) atoms. The summed E-state index contributed by atoms with van der Waals surface area (Å²) in [5, 5.41) is 3.70. The van der Waals surface area contributed by atoms with Crippen LogP contribution in [0.4, 0.5) is 0 Å². The summed E-state index contributed by atoms with van der Waals surface area (Å²) in [4.78, 5) is 4.47. The Labute approximate surface area is 145 Å². The van der Waals surface area contributed by atoms with Crippen molar-refractivity contribution in [2.45, 2.75) is 76.7 Å². The lowest BCUT2D eigenvalue weighted by molar-refractivity contribution is 0.00578. The van der Waals surface area contributed by atoms with Gasteiger partial charge in [0, 0.05) is 29.9 Å². The lowest BCUT2D eigenvalue weighted by Crippen LogP contribution is -2.44. The fourth-order valence-corrected chi connectivity index (χ4v) is 3.88. The van der Waals surface area contributed by atoms with Gasteiger partial charge in [-0.25, -0.2) is 0 Å². The number of fused-ring (bicyclic) bond motifs is 2. The Balaban J connectivity index is 1.60. The van der Waals surface area contributed by atoms with Crippen LogP contribution in [0, 0.1) is 0 Å². The molecule has 2 atom stereocenters. The van der Waals surface area contributed by atoms with Crippen LogP contribution in [-0.4, -0.2) is 35.4 Å². The van der Waals surface area contributed by atoms with Crippen LogP contribution in [0.2, 0.25) is 0 Å². The second-order valence-corrected chi connectivity index (χ2v) is 8.39. The monoisotopic (exact) mass is 326 g/mol. The number of rotatable bonds is 2. The summed E-state index contributed by atoms with van der Waals surface area (Å²) < 4.78 is 12.3. The van der Waals surface area contributed by atoms with E-state index in [1.54, 1.807) is 0 Å². The molecule has 2 unspecified atom stereocenters. The lowest BCUT2D eigenvalue weighted by Gasteiger charge is -2.35. The van der Waals surface area contributed by atoms with E-state index >= 15 is 0 Å². The van der Waals surface area contributed by atoms with Crippen LogP contribution in [0.25, 0.3) is 5.57 Å². The Bertz CT molecular complexity index is 655. The molecule has 3 aliphatic rings. The Hall–Kier alpha value is -1.17. The molecule has 0 spiro atoms. The van der Waals surface area contributed by atoms with E-state index in [0.717, 1.165) is 11.9 Å². The molecule has 0 amide bonds. The van der Waals surface area contributed by atoms with E-state index in [1.807, 2.05) is 12.4 Å². The van der Waals surface area contributed by atoms with Crippen molar-refractivity contribution in [3.05, 3.63) is 30.1 Å². The van der Waals surface area contributed by atoms with E-state index in [0.29, 0.717) is 12.1 Å². The van der Waals surface area contributed by atoms with Crippen LogP contribution in [0.5, 0.6) is 0 Å². The average molecular weight is 326 g/mol. The van der Waals surface area contributed by atoms with Crippen LogP contribution in [0.15, 0.2) is 24.5 Å². The standard InChI is InChI=1S/C19H27BN2O2/c1-18(2)19(3,4)24-20(23-18)15-8-14(11-21-12-15)13-9-16-6-5-7-17(10-13)22-16/h8-9,11-12,16-17,22H,5-7,10H2,1-4H3. The van der Waals surface area contributed by atoms with Gasteiger partial charge >= 0.3 is 7.12 Å². The first-order chi connectivity index (χ1) is 11.3. The molecule has 1 aromatic heterocycles. The Morgan fingerprint density at radius 3 is 2.58 bits per heavy atom. The molecule has 2 saturated heterocycles. The highest BCUT2D eigenvalue weighted by atomic mass is 16.7. The second kappa shape index (κ2) is 5.68. The van der Waals surface area contributed by atoms with Crippen molar-refractivity contribution in [1.29, 1.82) is 0 Å². The van der Waals surface area contributed by atoms with Crippen molar-refractivity contribution in [2.24, 2.45) is 0 Å². The lowest BCUT2D eigenvalue weighted by atomic mass is 9.78. The minimum absolute atomic E-state index is 0.321. The van der Waals surface area contributed by atoms with Gasteiger partial charge in [0.05, 0.1) is 11.2 Å². The number of aromatic nitrogens is 1. The van der Waals surface area contributed by atoms with Gasteiger partial charge in [0.2, 0.25) is 0 Å². The molecular weight excluding hydrogens is 299 g/mol. The van der Waals surface area contributed by atoms with Crippen molar-refractivity contribution in [3.8, 4) is 0 Å². The molecule has 128 valence electrons. The molecule has 3 aliphatic heterocycles. The van der Waals surface area contributed by atoms with Crippen LogP contribution in [0.3, 0.4) is 0 Å². The maximum Gasteiger partial charge on any atom is 0.496 e. The van der Waals surface area contributed by atoms with Crippen LogP contribution in [-0.2, 0) is 9.31 Å². The molecule has 4 rings (SSSR count). The second-order valence-electron chi connectivity index (χ2n) is 8.39. The normalized spacial score (nSPS) is 31.0. The maximum atomic E-state index is 6.17. The molecular formula is C19H27BN2O2. The van der Waals surface area contributed by atoms with Crippen molar-refractivity contribution >= 4 is 18.2 Å². The summed E-state index contributed by atoms with van der Waals surface area (Å²) in [6.07, 6.45) is 11.2. The van der Waals surface area contributed by atoms with Crippen molar-refractivity contribution in [1.82, 2.24) is 10.3 Å². The number of pyridine rings is 1. The summed E-state index contributed by atoms with van der Waals surface area (Å²) >= 11 is 0. The van der Waals surface area contributed by atoms with E-state index in [4.69, 9.17) is 9.31 Å². The Morgan fingerprint density at radius 2 is 1.88 bits per heavy atom. The molecule has 4 heterocycles. The Kier molecular flexibility index (Phi) is 3.86. The van der Waals surface area contributed by atoms with Crippen LogP contribution < -0.4 is 10.8 Å². The minimum Gasteiger partial charge on any atom is -0.399 e. The fraction of sp³-hybridized carbons (Fsp3) is 0.632. The third-order valence-electron chi connectivity index (χ3n) is 6.04. The molecule has 4 nitrogen and oxygen atoms in total. The van der Waals surface area contributed by atoms with Crippen LogP contribution >= 0.6 is 0 Å². The third-order valence-corrected chi connectivity index (χ3v) is 6.04. The highest BCUT2D eigenvalue weighted by molar-refractivity contribution is 6.62. The summed E-state index contributed by atoms with van der Waals surface area (Å²) in [5.74, 6) is 0. The molecule has 2 bridgehead atoms. The highest BCUT2D eigenvalue weighted by Crippen LogP contribution is 2.37. The zero-order chi connectivity index (χ0) is 16.9. The maximum absolute atomic E-state index is 6.17. The number of nitrogens with one attached hydrogen (secondary N) is 1. The topological polar surface area (TPSA) is 43.4 Å². The molecule has 0 aliphatic carbocycles. The molecule has 2 fully saturated rings. The van der Waals surface area contributed by atoms with E-state index in [9.17, 15) is 0 Å². The van der Waals surface area contributed by atoms with Gasteiger partial charge in [0.25, 0.3) is 0 Å². The smallest absolute Gasteiger partial charge is 0.399 e. The third kappa shape index (κ3) is 2.83. The molecule has 0 radical (unpaired) electrons. The number of hydrogen-bond acceptors (Lipinski definition) is 4. The van der Waals surface area contributed by atoms with Gasteiger partial charge in [0.1, 0.15) is 0 Å². The highest BCUT2D eigenvalue weighted by Gasteiger charge is 2.51. The zero-order valence-corrected chi connectivity index (χ0v) is 15.1. The largest absolute Gasteiger partial charge is 0.496 e.